The third-order valence-electron chi connectivity index (χ3n) is 8.43. The minimum atomic E-state index is -1.12. The number of para-hydroxylation sites is 1. The van der Waals surface area contributed by atoms with Gasteiger partial charge >= 0.3 is 6.03 Å². The molecule has 3 heterocycles. The smallest absolute Gasteiger partial charge is 0.332 e. The molecule has 0 saturated carbocycles. The molecule has 0 unspecified atom stereocenters. The third-order valence-corrected chi connectivity index (χ3v) is 8.43. The summed E-state index contributed by atoms with van der Waals surface area (Å²) in [4.78, 5) is 49.4. The first-order chi connectivity index (χ1) is 19.4. The lowest BCUT2D eigenvalue weighted by molar-refractivity contribution is -0.125. The van der Waals surface area contributed by atoms with Crippen LogP contribution in [0.5, 0.6) is 0 Å². The van der Waals surface area contributed by atoms with Crippen LogP contribution >= 0.6 is 0 Å². The summed E-state index contributed by atoms with van der Waals surface area (Å²) in [6.07, 6.45) is 6.29. The highest BCUT2D eigenvalue weighted by molar-refractivity contribution is 6.24. The van der Waals surface area contributed by atoms with Crippen molar-refractivity contribution in [2.75, 3.05) is 37.6 Å². The number of anilines is 1. The normalized spacial score (nSPS) is 18.5. The predicted octanol–water partition coefficient (Wildman–Crippen LogP) is 5.43. The number of benzene rings is 2. The first kappa shape index (κ1) is 27.9. The summed E-state index contributed by atoms with van der Waals surface area (Å²) in [6, 6.07) is 14.5. The van der Waals surface area contributed by atoms with Gasteiger partial charge in [-0.2, -0.15) is 0 Å². The van der Waals surface area contributed by atoms with Crippen LogP contribution in [0.2, 0.25) is 0 Å². The Morgan fingerprint density at radius 1 is 1.00 bits per heavy atom. The molecule has 0 aliphatic carbocycles. The molecule has 1 atom stereocenters. The van der Waals surface area contributed by atoms with Crippen molar-refractivity contribution in [2.24, 2.45) is 0 Å². The van der Waals surface area contributed by atoms with Gasteiger partial charge in [0, 0.05) is 29.6 Å². The van der Waals surface area contributed by atoms with Gasteiger partial charge in [0.15, 0.2) is 5.54 Å². The van der Waals surface area contributed by atoms with Crippen LogP contribution in [0.3, 0.4) is 0 Å². The highest BCUT2D eigenvalue weighted by Gasteiger charge is 2.59. The maximum absolute atomic E-state index is 14.0. The predicted molar refractivity (Wildman–Crippen MR) is 159 cm³/mol. The van der Waals surface area contributed by atoms with Gasteiger partial charge in [-0.1, -0.05) is 51.0 Å². The van der Waals surface area contributed by atoms with Crippen molar-refractivity contribution >= 4 is 34.4 Å². The molecule has 4 amide bonds. The number of carbonyl (C=O) groups is 3. The first-order valence-electron chi connectivity index (χ1n) is 14.8. The van der Waals surface area contributed by atoms with Gasteiger partial charge in [-0.15, -0.1) is 0 Å². The molecule has 40 heavy (non-hydrogen) atoms. The Balaban J connectivity index is 1.28. The zero-order valence-electron chi connectivity index (χ0n) is 24.0. The number of nitrogens with zero attached hydrogens (tertiary/aromatic N) is 3. The molecule has 3 aromatic rings. The average molecular weight is 544 g/mol. The van der Waals surface area contributed by atoms with E-state index in [9.17, 15) is 14.4 Å². The van der Waals surface area contributed by atoms with Crippen LogP contribution in [-0.2, 0) is 16.8 Å². The molecular formula is C32H41N5O3. The minimum Gasteiger partial charge on any atom is -0.356 e. The molecule has 1 saturated heterocycles. The number of hydrogen-bond acceptors (Lipinski definition) is 4. The van der Waals surface area contributed by atoms with Crippen LogP contribution in [0, 0.1) is 0 Å². The largest absolute Gasteiger partial charge is 0.356 e. The SMILES string of the molecule is CCCCN(CCCC)CCCNC(=O)c1cccc(N2C(=O)N3CCc4c([nH]c5ccccc45)[C@@]3(C)C2=O)c1. The first-order valence-corrected chi connectivity index (χ1v) is 14.8. The summed E-state index contributed by atoms with van der Waals surface area (Å²) in [5, 5.41) is 4.11. The third kappa shape index (κ3) is 5.01. The molecule has 8 heteroatoms. The summed E-state index contributed by atoms with van der Waals surface area (Å²) >= 11 is 0. The maximum atomic E-state index is 14.0. The van der Waals surface area contributed by atoms with Gasteiger partial charge in [0.1, 0.15) is 0 Å². The Kier molecular flexibility index (Phi) is 8.26. The number of nitrogens with one attached hydrogen (secondary N) is 2. The van der Waals surface area contributed by atoms with Crippen LogP contribution in [-0.4, -0.2) is 65.4 Å². The fourth-order valence-electron chi connectivity index (χ4n) is 6.11. The van der Waals surface area contributed by atoms with Gasteiger partial charge in [0.2, 0.25) is 0 Å². The summed E-state index contributed by atoms with van der Waals surface area (Å²) < 4.78 is 0. The van der Waals surface area contributed by atoms with Crippen LogP contribution in [0.1, 0.15) is 74.5 Å². The van der Waals surface area contributed by atoms with Crippen LogP contribution in [0.4, 0.5) is 10.5 Å². The molecule has 5 rings (SSSR count). The number of aromatic nitrogens is 1. The molecule has 8 nitrogen and oxygen atoms in total. The number of carbonyl (C=O) groups excluding carboxylic acids is 3. The summed E-state index contributed by atoms with van der Waals surface area (Å²) in [5.74, 6) is -0.502. The number of fused-ring (bicyclic) bond motifs is 5. The molecule has 212 valence electrons. The fraction of sp³-hybridized carbons (Fsp3) is 0.469. The van der Waals surface area contributed by atoms with Crippen molar-refractivity contribution in [3.05, 3.63) is 65.4 Å². The molecule has 1 aromatic heterocycles. The monoisotopic (exact) mass is 543 g/mol. The van der Waals surface area contributed by atoms with Gasteiger partial charge in [0.05, 0.1) is 11.4 Å². The number of H-pyrrole nitrogens is 1. The van der Waals surface area contributed by atoms with E-state index in [1.807, 2.05) is 25.1 Å². The highest BCUT2D eigenvalue weighted by atomic mass is 16.2. The molecule has 1 fully saturated rings. The zero-order valence-corrected chi connectivity index (χ0v) is 24.0. The molecule has 0 radical (unpaired) electrons. The van der Waals surface area contributed by atoms with E-state index in [0.717, 1.165) is 48.2 Å². The van der Waals surface area contributed by atoms with E-state index in [1.54, 1.807) is 29.2 Å². The van der Waals surface area contributed by atoms with Crippen molar-refractivity contribution in [2.45, 2.75) is 64.8 Å². The van der Waals surface area contributed by atoms with Crippen LogP contribution < -0.4 is 10.2 Å². The number of rotatable bonds is 12. The lowest BCUT2D eigenvalue weighted by Gasteiger charge is -2.35. The Morgan fingerprint density at radius 3 is 2.48 bits per heavy atom. The molecule has 2 aliphatic rings. The second kappa shape index (κ2) is 11.8. The Bertz CT molecular complexity index is 1390. The number of amides is 4. The van der Waals surface area contributed by atoms with Crippen molar-refractivity contribution in [3.63, 3.8) is 0 Å². The standard InChI is InChI=1S/C32H41N5O3/c1-4-6-18-35(19-7-5-2)20-11-17-33-29(38)23-12-10-13-24(22-23)37-30(39)32(3)28-26(16-21-36(32)31(37)40)25-14-8-9-15-27(25)34-28/h8-10,12-15,22,34H,4-7,11,16-21H2,1-3H3,(H,33,38)/t32-/m0/s1. The highest BCUT2D eigenvalue weighted by Crippen LogP contribution is 2.45. The summed E-state index contributed by atoms with van der Waals surface area (Å²) in [5.41, 5.74) is 2.57. The van der Waals surface area contributed by atoms with Gasteiger partial charge < -0.3 is 20.1 Å². The van der Waals surface area contributed by atoms with Gasteiger partial charge in [0.25, 0.3) is 11.8 Å². The van der Waals surface area contributed by atoms with Gasteiger partial charge in [-0.25, -0.2) is 9.69 Å². The average Bonchev–Trinajstić information content (AvgIpc) is 3.45. The summed E-state index contributed by atoms with van der Waals surface area (Å²) in [6.45, 7) is 10.4. The van der Waals surface area contributed by atoms with Crippen LogP contribution in [0.25, 0.3) is 10.9 Å². The minimum absolute atomic E-state index is 0.198. The number of unbranched alkanes of at least 4 members (excludes halogenated alkanes) is 2. The summed E-state index contributed by atoms with van der Waals surface area (Å²) in [7, 11) is 0. The maximum Gasteiger partial charge on any atom is 0.332 e. The van der Waals surface area contributed by atoms with Crippen LogP contribution in [0.15, 0.2) is 48.5 Å². The van der Waals surface area contributed by atoms with Gasteiger partial charge in [-0.05, 0) is 82.1 Å². The lowest BCUT2D eigenvalue weighted by atomic mass is 9.87. The van der Waals surface area contributed by atoms with E-state index in [-0.39, 0.29) is 17.8 Å². The van der Waals surface area contributed by atoms with E-state index in [4.69, 9.17) is 0 Å². The van der Waals surface area contributed by atoms with Crippen molar-refractivity contribution < 1.29 is 14.4 Å². The number of hydrogen-bond donors (Lipinski definition) is 2. The Labute approximate surface area is 236 Å². The topological polar surface area (TPSA) is 88.8 Å². The molecule has 2 N–H and O–H groups in total. The number of urea groups is 1. The fourth-order valence-corrected chi connectivity index (χ4v) is 6.11. The number of imide groups is 1. The molecular weight excluding hydrogens is 502 g/mol. The lowest BCUT2D eigenvalue weighted by Crippen LogP contribution is -2.49. The Hall–Kier alpha value is -3.65. The van der Waals surface area contributed by atoms with Gasteiger partial charge in [-0.3, -0.25) is 9.59 Å². The quantitative estimate of drug-likeness (QED) is 0.236. The van der Waals surface area contributed by atoms with Crippen molar-refractivity contribution in [3.8, 4) is 0 Å². The van der Waals surface area contributed by atoms with E-state index in [1.165, 1.54) is 30.6 Å². The van der Waals surface area contributed by atoms with Crippen molar-refractivity contribution in [1.29, 1.82) is 0 Å². The molecule has 2 aliphatic heterocycles. The van der Waals surface area contributed by atoms with E-state index in [2.05, 4.69) is 35.1 Å². The molecule has 0 bridgehead atoms. The molecule has 0 spiro atoms. The molecule has 2 aromatic carbocycles. The number of aromatic amines is 1. The second-order valence-electron chi connectivity index (χ2n) is 11.1. The zero-order chi connectivity index (χ0) is 28.3. The van der Waals surface area contributed by atoms with E-state index < -0.39 is 5.54 Å². The van der Waals surface area contributed by atoms with E-state index in [0.29, 0.717) is 30.8 Å². The van der Waals surface area contributed by atoms with E-state index >= 15 is 0 Å². The Morgan fingerprint density at radius 2 is 1.73 bits per heavy atom. The van der Waals surface area contributed by atoms with Crippen molar-refractivity contribution in [1.82, 2.24) is 20.1 Å². The second-order valence-corrected chi connectivity index (χ2v) is 11.1.